The molecule has 21 heavy (non-hydrogen) atoms. The highest BCUT2D eigenvalue weighted by atomic mass is 79.9. The standard InChI is InChI=1S/C13H10Br3NO3S/c1-20-12-7-11(9(15)6-10(12)16)17-21(18,19)13-5-3-2-4-8(13)14/h2-7,17H,1H3. The summed E-state index contributed by atoms with van der Waals surface area (Å²) in [6.07, 6.45) is 0. The maximum absolute atomic E-state index is 12.4. The van der Waals surface area contributed by atoms with E-state index in [-0.39, 0.29) is 4.90 Å². The molecule has 112 valence electrons. The Morgan fingerprint density at radius 2 is 1.67 bits per heavy atom. The second-order valence-corrected chi connectivity index (χ2v) is 8.22. The van der Waals surface area contributed by atoms with Crippen molar-refractivity contribution >= 4 is 63.5 Å². The topological polar surface area (TPSA) is 55.4 Å². The zero-order chi connectivity index (χ0) is 15.6. The highest BCUT2D eigenvalue weighted by molar-refractivity contribution is 9.11. The van der Waals surface area contributed by atoms with Crippen LogP contribution >= 0.6 is 47.8 Å². The van der Waals surface area contributed by atoms with Crippen molar-refractivity contribution in [3.8, 4) is 5.75 Å². The molecule has 0 unspecified atom stereocenters. The summed E-state index contributed by atoms with van der Waals surface area (Å²) in [6.45, 7) is 0. The van der Waals surface area contributed by atoms with Crippen molar-refractivity contribution in [2.75, 3.05) is 11.8 Å². The van der Waals surface area contributed by atoms with Crippen LogP contribution in [0.2, 0.25) is 0 Å². The molecule has 0 aliphatic heterocycles. The van der Waals surface area contributed by atoms with E-state index >= 15 is 0 Å². The first-order chi connectivity index (χ1) is 9.85. The minimum atomic E-state index is -3.70. The molecule has 0 atom stereocenters. The third-order valence-electron chi connectivity index (χ3n) is 2.61. The Hall–Kier alpha value is -0.570. The van der Waals surface area contributed by atoms with E-state index in [9.17, 15) is 8.42 Å². The number of halogens is 3. The second-order valence-electron chi connectivity index (χ2n) is 4.00. The molecule has 2 aromatic carbocycles. The van der Waals surface area contributed by atoms with Crippen molar-refractivity contribution in [2.24, 2.45) is 0 Å². The number of ether oxygens (including phenoxy) is 1. The molecule has 0 aromatic heterocycles. The van der Waals surface area contributed by atoms with Gasteiger partial charge in [-0.15, -0.1) is 0 Å². The van der Waals surface area contributed by atoms with E-state index in [0.717, 1.165) is 4.47 Å². The molecule has 1 N–H and O–H groups in total. The van der Waals surface area contributed by atoms with Gasteiger partial charge in [-0.05, 0) is 66.0 Å². The third-order valence-corrected chi connectivity index (χ3v) is 6.27. The van der Waals surface area contributed by atoms with Crippen molar-refractivity contribution in [3.05, 3.63) is 49.8 Å². The lowest BCUT2D eigenvalue weighted by Crippen LogP contribution is -2.14. The van der Waals surface area contributed by atoms with Gasteiger partial charge in [-0.2, -0.15) is 0 Å². The Labute approximate surface area is 148 Å². The van der Waals surface area contributed by atoms with E-state index < -0.39 is 10.0 Å². The molecule has 0 radical (unpaired) electrons. The highest BCUT2D eigenvalue weighted by Crippen LogP contribution is 2.36. The van der Waals surface area contributed by atoms with E-state index in [4.69, 9.17) is 4.74 Å². The highest BCUT2D eigenvalue weighted by Gasteiger charge is 2.19. The van der Waals surface area contributed by atoms with Crippen LogP contribution in [0, 0.1) is 0 Å². The van der Waals surface area contributed by atoms with E-state index in [1.165, 1.54) is 13.2 Å². The van der Waals surface area contributed by atoms with Gasteiger partial charge in [-0.25, -0.2) is 8.42 Å². The van der Waals surface area contributed by atoms with Gasteiger partial charge in [-0.1, -0.05) is 12.1 Å². The zero-order valence-corrected chi connectivity index (χ0v) is 16.3. The fraction of sp³-hybridized carbons (Fsp3) is 0.0769. The predicted octanol–water partition coefficient (Wildman–Crippen LogP) is 4.78. The van der Waals surface area contributed by atoms with Crippen LogP contribution in [0.1, 0.15) is 0 Å². The first kappa shape index (κ1) is 16.8. The Bertz CT molecular complexity index is 778. The average Bonchev–Trinajstić information content (AvgIpc) is 2.42. The smallest absolute Gasteiger partial charge is 0.263 e. The predicted molar refractivity (Wildman–Crippen MR) is 93.3 cm³/mol. The van der Waals surface area contributed by atoms with Crippen molar-refractivity contribution in [2.45, 2.75) is 4.90 Å². The first-order valence-electron chi connectivity index (χ1n) is 5.65. The molecule has 0 amide bonds. The molecule has 0 aliphatic carbocycles. The monoisotopic (exact) mass is 497 g/mol. The lowest BCUT2D eigenvalue weighted by molar-refractivity contribution is 0.412. The summed E-state index contributed by atoms with van der Waals surface area (Å²) >= 11 is 9.91. The molecule has 4 nitrogen and oxygen atoms in total. The van der Waals surface area contributed by atoms with Crippen molar-refractivity contribution in [1.82, 2.24) is 0 Å². The van der Waals surface area contributed by atoms with Crippen LogP contribution in [0.5, 0.6) is 5.75 Å². The largest absolute Gasteiger partial charge is 0.495 e. The van der Waals surface area contributed by atoms with Crippen LogP contribution < -0.4 is 9.46 Å². The average molecular weight is 500 g/mol. The molecule has 0 saturated carbocycles. The maximum atomic E-state index is 12.4. The molecule has 0 bridgehead atoms. The van der Waals surface area contributed by atoms with Gasteiger partial charge in [0.2, 0.25) is 0 Å². The third kappa shape index (κ3) is 3.80. The summed E-state index contributed by atoms with van der Waals surface area (Å²) < 4.78 is 34.4. The summed E-state index contributed by atoms with van der Waals surface area (Å²) in [4.78, 5) is 0.166. The van der Waals surface area contributed by atoms with Gasteiger partial charge >= 0.3 is 0 Å². The van der Waals surface area contributed by atoms with Crippen molar-refractivity contribution < 1.29 is 13.2 Å². The van der Waals surface area contributed by atoms with Gasteiger partial charge in [0, 0.05) is 15.0 Å². The molecular formula is C13H10Br3NO3S. The molecule has 2 rings (SSSR count). The number of hydrogen-bond acceptors (Lipinski definition) is 3. The normalized spacial score (nSPS) is 11.2. The second kappa shape index (κ2) is 6.68. The SMILES string of the molecule is COc1cc(NS(=O)(=O)c2ccccc2Br)c(Br)cc1Br. The molecule has 8 heteroatoms. The Morgan fingerprint density at radius 3 is 2.29 bits per heavy atom. The van der Waals surface area contributed by atoms with Crippen LogP contribution in [0.4, 0.5) is 5.69 Å². The number of methoxy groups -OCH3 is 1. The Kier molecular flexibility index (Phi) is 5.34. The molecular weight excluding hydrogens is 490 g/mol. The van der Waals surface area contributed by atoms with Crippen LogP contribution in [-0.2, 0) is 10.0 Å². The van der Waals surface area contributed by atoms with E-state index in [1.807, 2.05) is 0 Å². The van der Waals surface area contributed by atoms with Crippen LogP contribution in [-0.4, -0.2) is 15.5 Å². The van der Waals surface area contributed by atoms with Crippen molar-refractivity contribution in [1.29, 1.82) is 0 Å². The quantitative estimate of drug-likeness (QED) is 0.658. The van der Waals surface area contributed by atoms with E-state index in [2.05, 4.69) is 52.5 Å². The van der Waals surface area contributed by atoms with Gasteiger partial charge in [0.15, 0.2) is 0 Å². The number of benzene rings is 2. The number of rotatable bonds is 4. The van der Waals surface area contributed by atoms with Gasteiger partial charge in [0.25, 0.3) is 10.0 Å². The molecule has 0 saturated heterocycles. The fourth-order valence-corrected chi connectivity index (χ4v) is 5.09. The lowest BCUT2D eigenvalue weighted by atomic mass is 10.3. The minimum absolute atomic E-state index is 0.166. The van der Waals surface area contributed by atoms with Gasteiger partial charge in [-0.3, -0.25) is 4.72 Å². The number of nitrogens with one attached hydrogen (secondary N) is 1. The van der Waals surface area contributed by atoms with E-state index in [0.29, 0.717) is 20.4 Å². The first-order valence-corrected chi connectivity index (χ1v) is 9.52. The van der Waals surface area contributed by atoms with Gasteiger partial charge in [0.05, 0.1) is 17.3 Å². The van der Waals surface area contributed by atoms with Gasteiger partial charge in [0.1, 0.15) is 10.6 Å². The van der Waals surface area contributed by atoms with Gasteiger partial charge < -0.3 is 4.74 Å². The molecule has 0 spiro atoms. The molecule has 0 fully saturated rings. The minimum Gasteiger partial charge on any atom is -0.495 e. The maximum Gasteiger partial charge on any atom is 0.263 e. The number of hydrogen-bond donors (Lipinski definition) is 1. The summed E-state index contributed by atoms with van der Waals surface area (Å²) in [5.41, 5.74) is 0.394. The molecule has 2 aromatic rings. The van der Waals surface area contributed by atoms with E-state index in [1.54, 1.807) is 30.3 Å². The molecule has 0 heterocycles. The van der Waals surface area contributed by atoms with Crippen molar-refractivity contribution in [3.63, 3.8) is 0 Å². The van der Waals surface area contributed by atoms with Crippen LogP contribution in [0.25, 0.3) is 0 Å². The summed E-state index contributed by atoms with van der Waals surface area (Å²) in [7, 11) is -2.19. The summed E-state index contributed by atoms with van der Waals surface area (Å²) in [5, 5.41) is 0. The van der Waals surface area contributed by atoms with Crippen LogP contribution in [0.3, 0.4) is 0 Å². The zero-order valence-electron chi connectivity index (χ0n) is 10.7. The Balaban J connectivity index is 2.44. The summed E-state index contributed by atoms with van der Waals surface area (Å²) in [5.74, 6) is 0.531. The molecule has 0 aliphatic rings. The number of anilines is 1. The fourth-order valence-electron chi connectivity index (χ4n) is 1.63. The van der Waals surface area contributed by atoms with Crippen LogP contribution in [0.15, 0.2) is 54.7 Å². The number of sulfonamides is 1. The Morgan fingerprint density at radius 1 is 1.00 bits per heavy atom. The summed E-state index contributed by atoms with van der Waals surface area (Å²) in [6, 6.07) is 9.93. The lowest BCUT2D eigenvalue weighted by Gasteiger charge is -2.13.